The molecule has 4 nitrogen and oxygen atoms in total. The Bertz CT molecular complexity index is 308. The second kappa shape index (κ2) is 6.71. The molecule has 1 saturated heterocycles. The molecule has 0 spiro atoms. The van der Waals surface area contributed by atoms with Crippen LogP contribution in [0.25, 0.3) is 0 Å². The SMILES string of the molecule is CCCNCC1(CCS(C)(=O)=O)CCOCC1. The minimum Gasteiger partial charge on any atom is -0.381 e. The molecule has 0 unspecified atom stereocenters. The summed E-state index contributed by atoms with van der Waals surface area (Å²) >= 11 is 0. The highest BCUT2D eigenvalue weighted by molar-refractivity contribution is 7.90. The molecule has 1 aliphatic heterocycles. The Morgan fingerprint density at radius 1 is 1.29 bits per heavy atom. The first-order chi connectivity index (χ1) is 7.97. The molecule has 0 aromatic heterocycles. The van der Waals surface area contributed by atoms with Gasteiger partial charge in [0.1, 0.15) is 9.84 Å². The third kappa shape index (κ3) is 5.84. The van der Waals surface area contributed by atoms with Crippen molar-refractivity contribution in [3.8, 4) is 0 Å². The summed E-state index contributed by atoms with van der Waals surface area (Å²) in [6.07, 6.45) is 5.13. The lowest BCUT2D eigenvalue weighted by molar-refractivity contribution is 0.0133. The van der Waals surface area contributed by atoms with Crippen molar-refractivity contribution in [3.63, 3.8) is 0 Å². The summed E-state index contributed by atoms with van der Waals surface area (Å²) in [6, 6.07) is 0. The van der Waals surface area contributed by atoms with Crippen molar-refractivity contribution >= 4 is 9.84 Å². The molecule has 1 fully saturated rings. The van der Waals surface area contributed by atoms with Crippen LogP contribution in [0.1, 0.15) is 32.6 Å². The zero-order valence-electron chi connectivity index (χ0n) is 11.0. The molecule has 1 aliphatic rings. The van der Waals surface area contributed by atoms with E-state index in [1.807, 2.05) is 0 Å². The van der Waals surface area contributed by atoms with Crippen LogP contribution in [0.4, 0.5) is 0 Å². The molecule has 0 radical (unpaired) electrons. The van der Waals surface area contributed by atoms with Crippen LogP contribution in [-0.4, -0.2) is 46.7 Å². The molecule has 0 aromatic carbocycles. The Labute approximate surface area is 105 Å². The third-order valence-corrected chi connectivity index (χ3v) is 4.43. The molecule has 102 valence electrons. The van der Waals surface area contributed by atoms with Gasteiger partial charge in [-0.15, -0.1) is 0 Å². The second-order valence-corrected chi connectivity index (χ2v) is 7.43. The molecule has 0 aliphatic carbocycles. The minimum atomic E-state index is -2.86. The lowest BCUT2D eigenvalue weighted by atomic mass is 9.78. The molecule has 1 heterocycles. The van der Waals surface area contributed by atoms with Gasteiger partial charge in [-0.2, -0.15) is 0 Å². The summed E-state index contributed by atoms with van der Waals surface area (Å²) in [5, 5.41) is 3.43. The molecule has 0 aromatic rings. The molecular formula is C12H25NO3S. The predicted molar refractivity (Wildman–Crippen MR) is 70.0 cm³/mol. The number of hydrogen-bond acceptors (Lipinski definition) is 4. The van der Waals surface area contributed by atoms with E-state index in [4.69, 9.17) is 4.74 Å². The van der Waals surface area contributed by atoms with Crippen molar-refractivity contribution in [3.05, 3.63) is 0 Å². The van der Waals surface area contributed by atoms with Crippen LogP contribution in [0.15, 0.2) is 0 Å². The Morgan fingerprint density at radius 2 is 1.94 bits per heavy atom. The summed E-state index contributed by atoms with van der Waals surface area (Å²) in [6.45, 7) is 5.58. The lowest BCUT2D eigenvalue weighted by Gasteiger charge is -2.37. The number of rotatable bonds is 7. The van der Waals surface area contributed by atoms with Crippen LogP contribution in [0, 0.1) is 5.41 Å². The van der Waals surface area contributed by atoms with Gasteiger partial charge in [0, 0.05) is 26.0 Å². The summed E-state index contributed by atoms with van der Waals surface area (Å²) in [5.74, 6) is 0.292. The molecule has 0 bridgehead atoms. The predicted octanol–water partition coefficient (Wildman–Crippen LogP) is 1.22. The monoisotopic (exact) mass is 263 g/mol. The van der Waals surface area contributed by atoms with E-state index < -0.39 is 9.84 Å². The molecule has 1 N–H and O–H groups in total. The van der Waals surface area contributed by atoms with Crippen molar-refractivity contribution in [1.29, 1.82) is 0 Å². The standard InChI is InChI=1S/C12H25NO3S/c1-3-7-13-11-12(4-8-16-9-5-12)6-10-17(2,14)15/h13H,3-11H2,1-2H3. The van der Waals surface area contributed by atoms with Gasteiger partial charge in [-0.3, -0.25) is 0 Å². The van der Waals surface area contributed by atoms with Crippen LogP contribution in [0.2, 0.25) is 0 Å². The number of hydrogen-bond donors (Lipinski definition) is 1. The summed E-state index contributed by atoms with van der Waals surface area (Å²) in [4.78, 5) is 0. The van der Waals surface area contributed by atoms with E-state index in [0.717, 1.165) is 52.0 Å². The van der Waals surface area contributed by atoms with Crippen LogP contribution in [0.3, 0.4) is 0 Å². The van der Waals surface area contributed by atoms with E-state index in [0.29, 0.717) is 5.75 Å². The highest BCUT2D eigenvalue weighted by Gasteiger charge is 2.32. The maximum Gasteiger partial charge on any atom is 0.147 e. The van der Waals surface area contributed by atoms with Crippen LogP contribution >= 0.6 is 0 Å². The molecule has 0 saturated carbocycles. The quantitative estimate of drug-likeness (QED) is 0.702. The molecule has 5 heteroatoms. The summed E-state index contributed by atoms with van der Waals surface area (Å²) in [7, 11) is -2.86. The van der Waals surface area contributed by atoms with Gasteiger partial charge < -0.3 is 10.1 Å². The normalized spacial score (nSPS) is 20.4. The van der Waals surface area contributed by atoms with E-state index in [1.165, 1.54) is 6.26 Å². The van der Waals surface area contributed by atoms with Crippen LogP contribution < -0.4 is 5.32 Å². The van der Waals surface area contributed by atoms with Crippen molar-refractivity contribution in [1.82, 2.24) is 5.32 Å². The first kappa shape index (κ1) is 14.9. The van der Waals surface area contributed by atoms with E-state index >= 15 is 0 Å². The van der Waals surface area contributed by atoms with Gasteiger partial charge in [0.25, 0.3) is 0 Å². The van der Waals surface area contributed by atoms with Crippen molar-refractivity contribution in [2.24, 2.45) is 5.41 Å². The zero-order chi connectivity index (χ0) is 12.8. The number of ether oxygens (including phenoxy) is 1. The highest BCUT2D eigenvalue weighted by atomic mass is 32.2. The highest BCUT2D eigenvalue weighted by Crippen LogP contribution is 2.33. The Balaban J connectivity index is 2.51. The van der Waals surface area contributed by atoms with Crippen molar-refractivity contribution < 1.29 is 13.2 Å². The first-order valence-corrected chi connectivity index (χ1v) is 8.50. The van der Waals surface area contributed by atoms with Crippen LogP contribution in [0.5, 0.6) is 0 Å². The molecule has 17 heavy (non-hydrogen) atoms. The lowest BCUT2D eigenvalue weighted by Crippen LogP contribution is -2.40. The third-order valence-electron chi connectivity index (χ3n) is 3.48. The van der Waals surface area contributed by atoms with Gasteiger partial charge in [-0.1, -0.05) is 6.92 Å². The smallest absolute Gasteiger partial charge is 0.147 e. The topological polar surface area (TPSA) is 55.4 Å². The van der Waals surface area contributed by atoms with Gasteiger partial charge in [0.2, 0.25) is 0 Å². The maximum absolute atomic E-state index is 11.3. The van der Waals surface area contributed by atoms with Gasteiger partial charge in [0.05, 0.1) is 5.75 Å². The van der Waals surface area contributed by atoms with Crippen LogP contribution in [-0.2, 0) is 14.6 Å². The maximum atomic E-state index is 11.3. The Hall–Kier alpha value is -0.130. The first-order valence-electron chi connectivity index (χ1n) is 6.44. The molecule has 0 amide bonds. The van der Waals surface area contributed by atoms with Gasteiger partial charge >= 0.3 is 0 Å². The minimum absolute atomic E-state index is 0.122. The Kier molecular flexibility index (Phi) is 5.89. The fraction of sp³-hybridized carbons (Fsp3) is 1.00. The summed E-state index contributed by atoms with van der Waals surface area (Å²) < 4.78 is 28.0. The van der Waals surface area contributed by atoms with Crippen molar-refractivity contribution in [2.45, 2.75) is 32.6 Å². The summed E-state index contributed by atoms with van der Waals surface area (Å²) in [5.41, 5.74) is 0.122. The molecular weight excluding hydrogens is 238 g/mol. The van der Waals surface area contributed by atoms with E-state index in [2.05, 4.69) is 12.2 Å². The Morgan fingerprint density at radius 3 is 2.47 bits per heavy atom. The van der Waals surface area contributed by atoms with Gasteiger partial charge in [-0.25, -0.2) is 8.42 Å². The number of nitrogens with one attached hydrogen (secondary N) is 1. The molecule has 1 rings (SSSR count). The largest absolute Gasteiger partial charge is 0.381 e. The molecule has 0 atom stereocenters. The fourth-order valence-electron chi connectivity index (χ4n) is 2.25. The van der Waals surface area contributed by atoms with Crippen molar-refractivity contribution in [2.75, 3.05) is 38.3 Å². The average molecular weight is 263 g/mol. The van der Waals surface area contributed by atoms with Gasteiger partial charge in [-0.05, 0) is 37.6 Å². The average Bonchev–Trinajstić information content (AvgIpc) is 2.28. The zero-order valence-corrected chi connectivity index (χ0v) is 11.8. The van der Waals surface area contributed by atoms with E-state index in [-0.39, 0.29) is 5.41 Å². The second-order valence-electron chi connectivity index (χ2n) is 5.17. The van der Waals surface area contributed by atoms with E-state index in [1.54, 1.807) is 0 Å². The van der Waals surface area contributed by atoms with Gasteiger partial charge in [0.15, 0.2) is 0 Å². The fourth-order valence-corrected chi connectivity index (χ4v) is 3.06. The van der Waals surface area contributed by atoms with E-state index in [9.17, 15) is 8.42 Å². The number of sulfone groups is 1.